The predicted molar refractivity (Wildman–Crippen MR) is 112 cm³/mol. The van der Waals surface area contributed by atoms with Crippen LogP contribution in [0.2, 0.25) is 0 Å². The summed E-state index contributed by atoms with van der Waals surface area (Å²) in [5.74, 6) is 0.770. The molecule has 1 aromatic carbocycles. The topological polar surface area (TPSA) is 91.3 Å². The fraction of sp³-hybridized carbons (Fsp3) is 0.476. The first kappa shape index (κ1) is 21.8. The number of nitrogens with zero attached hydrogens (tertiary/aromatic N) is 4. The van der Waals surface area contributed by atoms with Crippen molar-refractivity contribution in [1.29, 1.82) is 0 Å². The predicted octanol–water partition coefficient (Wildman–Crippen LogP) is 2.59. The number of halogens is 1. The summed E-state index contributed by atoms with van der Waals surface area (Å²) in [7, 11) is 1.55. The number of aromatic nitrogens is 4. The van der Waals surface area contributed by atoms with Gasteiger partial charge < -0.3 is 9.84 Å². The van der Waals surface area contributed by atoms with Crippen LogP contribution in [0, 0.1) is 5.92 Å². The average Bonchev–Trinajstić information content (AvgIpc) is 3.09. The molecule has 0 radical (unpaired) electrons. The van der Waals surface area contributed by atoms with Gasteiger partial charge in [-0.15, -0.1) is 0 Å². The Bertz CT molecular complexity index is 1150. The zero-order valence-electron chi connectivity index (χ0n) is 17.5. The van der Waals surface area contributed by atoms with E-state index in [1.165, 1.54) is 4.57 Å². The number of ether oxygens (including phenoxy) is 1. The van der Waals surface area contributed by atoms with Gasteiger partial charge in [0.15, 0.2) is 11.2 Å². The fourth-order valence-electron chi connectivity index (χ4n) is 3.25. The van der Waals surface area contributed by atoms with Gasteiger partial charge in [0.05, 0.1) is 0 Å². The molecule has 0 bridgehead atoms. The van der Waals surface area contributed by atoms with Crippen molar-refractivity contribution in [2.75, 3.05) is 6.61 Å². The molecular weight excluding hydrogens is 391 g/mol. The third kappa shape index (κ3) is 4.30. The molecule has 8 nitrogen and oxygen atoms in total. The number of rotatable bonds is 9. The molecule has 30 heavy (non-hydrogen) atoms. The Morgan fingerprint density at radius 2 is 1.97 bits per heavy atom. The van der Waals surface area contributed by atoms with Crippen LogP contribution < -0.4 is 16.0 Å². The summed E-state index contributed by atoms with van der Waals surface area (Å²) in [6, 6.07) is 6.77. The molecule has 9 heteroatoms. The lowest BCUT2D eigenvalue weighted by Crippen LogP contribution is -2.39. The van der Waals surface area contributed by atoms with Crippen molar-refractivity contribution in [2.24, 2.45) is 13.0 Å². The van der Waals surface area contributed by atoms with Crippen molar-refractivity contribution in [3.05, 3.63) is 50.7 Å². The number of aryl methyl sites for hydroxylation is 2. The summed E-state index contributed by atoms with van der Waals surface area (Å²) >= 11 is 0. The number of hydrogen-bond donors (Lipinski definition) is 1. The average molecular weight is 418 g/mol. The van der Waals surface area contributed by atoms with Crippen LogP contribution in [0.15, 0.2) is 33.9 Å². The number of benzene rings is 1. The van der Waals surface area contributed by atoms with Crippen LogP contribution in [0.4, 0.5) is 4.39 Å². The first-order valence-corrected chi connectivity index (χ1v) is 10.0. The van der Waals surface area contributed by atoms with Crippen molar-refractivity contribution in [2.45, 2.75) is 46.5 Å². The summed E-state index contributed by atoms with van der Waals surface area (Å²) in [5, 5.41) is 9.11. The molecule has 0 aliphatic carbocycles. The molecule has 0 unspecified atom stereocenters. The van der Waals surface area contributed by atoms with Gasteiger partial charge in [0.1, 0.15) is 12.4 Å². The number of aliphatic hydroxyl groups is 1. The van der Waals surface area contributed by atoms with Gasteiger partial charge in [-0.1, -0.05) is 26.0 Å². The van der Waals surface area contributed by atoms with Crippen LogP contribution in [-0.4, -0.2) is 30.4 Å². The molecule has 0 aliphatic heterocycles. The SMILES string of the molecule is CC(C)CCn1c(Oc2cccc(CF)c2)nc2c1c(=O)n(CCCO)c(=O)n2C. The number of fused-ring (bicyclic) bond motifs is 1. The Kier molecular flexibility index (Phi) is 6.71. The molecule has 0 atom stereocenters. The maximum absolute atomic E-state index is 13.1. The van der Waals surface area contributed by atoms with Crippen LogP contribution >= 0.6 is 0 Å². The van der Waals surface area contributed by atoms with Gasteiger partial charge >= 0.3 is 11.7 Å². The Morgan fingerprint density at radius 3 is 2.63 bits per heavy atom. The first-order chi connectivity index (χ1) is 14.4. The highest BCUT2D eigenvalue weighted by molar-refractivity contribution is 5.72. The first-order valence-electron chi connectivity index (χ1n) is 10.0. The number of alkyl halides is 1. The molecule has 0 saturated carbocycles. The highest BCUT2D eigenvalue weighted by Crippen LogP contribution is 2.26. The van der Waals surface area contributed by atoms with Crippen molar-refractivity contribution in [3.63, 3.8) is 0 Å². The minimum absolute atomic E-state index is 0.113. The second kappa shape index (κ2) is 9.25. The Balaban J connectivity index is 2.19. The maximum atomic E-state index is 13.1. The van der Waals surface area contributed by atoms with Crippen LogP contribution in [0.5, 0.6) is 11.8 Å². The van der Waals surface area contributed by atoms with Gasteiger partial charge in [-0.3, -0.25) is 18.5 Å². The van der Waals surface area contributed by atoms with Crippen LogP contribution in [-0.2, 0) is 26.8 Å². The number of aliphatic hydroxyl groups excluding tert-OH is 1. The van der Waals surface area contributed by atoms with Crippen LogP contribution in [0.3, 0.4) is 0 Å². The van der Waals surface area contributed by atoms with E-state index in [0.29, 0.717) is 30.2 Å². The van der Waals surface area contributed by atoms with E-state index in [1.54, 1.807) is 35.9 Å². The highest BCUT2D eigenvalue weighted by atomic mass is 19.1. The lowest BCUT2D eigenvalue weighted by molar-refractivity contribution is 0.277. The van der Waals surface area contributed by atoms with E-state index < -0.39 is 17.9 Å². The van der Waals surface area contributed by atoms with E-state index in [4.69, 9.17) is 9.84 Å². The second-order valence-corrected chi connectivity index (χ2v) is 7.66. The number of hydrogen-bond acceptors (Lipinski definition) is 5. The van der Waals surface area contributed by atoms with Crippen LogP contribution in [0.1, 0.15) is 32.3 Å². The van der Waals surface area contributed by atoms with E-state index in [0.717, 1.165) is 11.0 Å². The van der Waals surface area contributed by atoms with Gasteiger partial charge in [-0.25, -0.2) is 9.18 Å². The number of imidazole rings is 1. The molecule has 0 saturated heterocycles. The molecule has 0 aliphatic rings. The summed E-state index contributed by atoms with van der Waals surface area (Å²) < 4.78 is 23.0. The molecule has 3 aromatic rings. The van der Waals surface area contributed by atoms with Gasteiger partial charge in [-0.2, -0.15) is 4.98 Å². The van der Waals surface area contributed by atoms with E-state index >= 15 is 0 Å². The molecule has 162 valence electrons. The molecule has 2 aromatic heterocycles. The summed E-state index contributed by atoms with van der Waals surface area (Å²) in [4.78, 5) is 30.2. The molecule has 2 heterocycles. The Labute approximate surface area is 173 Å². The summed E-state index contributed by atoms with van der Waals surface area (Å²) in [6.07, 6.45) is 1.06. The molecule has 1 N–H and O–H groups in total. The Morgan fingerprint density at radius 1 is 1.20 bits per heavy atom. The van der Waals surface area contributed by atoms with Crippen molar-refractivity contribution in [3.8, 4) is 11.8 Å². The minimum Gasteiger partial charge on any atom is -0.425 e. The highest BCUT2D eigenvalue weighted by Gasteiger charge is 2.21. The lowest BCUT2D eigenvalue weighted by Gasteiger charge is -2.12. The van der Waals surface area contributed by atoms with Gasteiger partial charge in [0.2, 0.25) is 0 Å². The van der Waals surface area contributed by atoms with Gasteiger partial charge in [0, 0.05) is 26.7 Å². The smallest absolute Gasteiger partial charge is 0.332 e. The summed E-state index contributed by atoms with van der Waals surface area (Å²) in [5.41, 5.74) is -0.000288. The van der Waals surface area contributed by atoms with E-state index in [2.05, 4.69) is 18.8 Å². The summed E-state index contributed by atoms with van der Waals surface area (Å²) in [6.45, 7) is 3.98. The second-order valence-electron chi connectivity index (χ2n) is 7.66. The minimum atomic E-state index is -0.620. The maximum Gasteiger partial charge on any atom is 0.332 e. The lowest BCUT2D eigenvalue weighted by atomic mass is 10.1. The molecular formula is C21H27FN4O4. The standard InChI is InChI=1S/C21H27FN4O4/c1-14(2)8-10-25-17-18(24(3)21(29)26(19(17)28)9-5-11-27)23-20(25)30-16-7-4-6-15(12-16)13-22/h4,6-7,12,14,27H,5,8-11,13H2,1-3H3. The van der Waals surface area contributed by atoms with E-state index in [1.807, 2.05) is 0 Å². The fourth-order valence-corrected chi connectivity index (χ4v) is 3.25. The zero-order valence-corrected chi connectivity index (χ0v) is 17.5. The third-order valence-corrected chi connectivity index (χ3v) is 4.93. The van der Waals surface area contributed by atoms with E-state index in [9.17, 15) is 14.0 Å². The van der Waals surface area contributed by atoms with Gasteiger partial charge in [0.25, 0.3) is 5.56 Å². The Hall–Kier alpha value is -2.94. The molecule has 3 rings (SSSR count). The van der Waals surface area contributed by atoms with E-state index in [-0.39, 0.29) is 30.3 Å². The molecule has 0 fully saturated rings. The van der Waals surface area contributed by atoms with Gasteiger partial charge in [-0.05, 0) is 36.5 Å². The molecule has 0 amide bonds. The quantitative estimate of drug-likeness (QED) is 0.577. The van der Waals surface area contributed by atoms with Crippen LogP contribution in [0.25, 0.3) is 11.2 Å². The third-order valence-electron chi connectivity index (χ3n) is 4.93. The normalized spacial score (nSPS) is 11.5. The monoisotopic (exact) mass is 418 g/mol. The van der Waals surface area contributed by atoms with Crippen molar-refractivity contribution >= 4 is 11.2 Å². The van der Waals surface area contributed by atoms with Crippen molar-refractivity contribution < 1.29 is 14.2 Å². The largest absolute Gasteiger partial charge is 0.425 e. The zero-order chi connectivity index (χ0) is 21.8. The molecule has 0 spiro atoms. The van der Waals surface area contributed by atoms with Crippen molar-refractivity contribution in [1.82, 2.24) is 18.7 Å².